The first-order valence-electron chi connectivity index (χ1n) is 13.0. The zero-order chi connectivity index (χ0) is 30.9. The number of fused-ring (bicyclic) bond motifs is 1. The number of ether oxygens (including phenoxy) is 2. The molecule has 0 aliphatic carbocycles. The molecule has 1 amide bonds. The number of carbonyl (C=O) groups excluding carboxylic acids is 1. The minimum absolute atomic E-state index is 0.0942. The molecular weight excluding hydrogens is 580 g/mol. The maximum absolute atomic E-state index is 13.1. The fourth-order valence-corrected chi connectivity index (χ4v) is 6.76. The molecule has 2 aliphatic rings. The highest BCUT2D eigenvalue weighted by Gasteiger charge is 2.52. The van der Waals surface area contributed by atoms with E-state index < -0.39 is 52.4 Å². The van der Waals surface area contributed by atoms with E-state index >= 15 is 0 Å². The van der Waals surface area contributed by atoms with Gasteiger partial charge in [0.1, 0.15) is 17.1 Å². The molecule has 3 aromatic heterocycles. The molecule has 1 N–H and O–H groups in total. The van der Waals surface area contributed by atoms with Crippen LogP contribution in [0.3, 0.4) is 0 Å². The number of hydrogen-bond donors (Lipinski definition) is 1. The Morgan fingerprint density at radius 3 is 2.38 bits per heavy atom. The number of rotatable bonds is 7. The summed E-state index contributed by atoms with van der Waals surface area (Å²) in [6.07, 6.45) is -1.73. The predicted octanol–water partition coefficient (Wildman–Crippen LogP) is 2.99. The third kappa shape index (κ3) is 5.92. The number of sulfone groups is 1. The van der Waals surface area contributed by atoms with Crippen molar-refractivity contribution in [2.24, 2.45) is 0 Å². The van der Waals surface area contributed by atoms with Gasteiger partial charge in [0.05, 0.1) is 40.1 Å². The molecule has 0 bridgehead atoms. The van der Waals surface area contributed by atoms with E-state index in [4.69, 9.17) is 18.8 Å². The zero-order valence-corrected chi connectivity index (χ0v) is 24.6. The van der Waals surface area contributed by atoms with E-state index in [1.54, 1.807) is 24.3 Å². The Balaban J connectivity index is 1.41. The molecule has 5 rings (SSSR count). The monoisotopic (exact) mass is 610 g/mol. The van der Waals surface area contributed by atoms with Crippen LogP contribution in [0.25, 0.3) is 5.65 Å². The van der Waals surface area contributed by atoms with E-state index in [0.717, 1.165) is 0 Å². The number of imidazole rings is 1. The number of aromatic nitrogens is 3. The largest absolute Gasteiger partial charge is 0.496 e. The van der Waals surface area contributed by atoms with Gasteiger partial charge >= 0.3 is 13.3 Å². The van der Waals surface area contributed by atoms with Gasteiger partial charge in [-0.1, -0.05) is 0 Å². The van der Waals surface area contributed by atoms with Crippen molar-refractivity contribution in [3.8, 4) is 17.4 Å². The molecule has 0 atom stereocenters. The Bertz CT molecular complexity index is 1650. The molecule has 16 heteroatoms. The van der Waals surface area contributed by atoms with Crippen molar-refractivity contribution < 1.29 is 45.2 Å². The summed E-state index contributed by atoms with van der Waals surface area (Å²) in [5.41, 5.74) is -0.955. The summed E-state index contributed by atoms with van der Waals surface area (Å²) in [5.74, 6) is -1.16. The normalized spacial score (nSPS) is 20.3. The molecule has 0 aromatic carbocycles. The van der Waals surface area contributed by atoms with Crippen LogP contribution in [0.15, 0.2) is 30.6 Å². The van der Waals surface area contributed by atoms with E-state index in [9.17, 15) is 26.4 Å². The number of pyridine rings is 2. The van der Waals surface area contributed by atoms with Crippen LogP contribution in [0.2, 0.25) is 0 Å². The Hall–Kier alpha value is -3.37. The number of alkyl halides is 3. The standard InChI is InChI=1S/C26H30BF3N4O7S/c1-15-20(21(35)33-25(6)13-42(36,37)14-25)32-19-8-7-17(11-34(15)19)39-22-18(38-12-26(28,29)30)9-16(10-31-22)27-40-23(2,3)24(4,5)41-27/h7-11H,12-14H2,1-6H3,(H,33,35). The molecule has 2 fully saturated rings. The van der Waals surface area contributed by atoms with E-state index in [2.05, 4.69) is 15.3 Å². The molecule has 2 aliphatic heterocycles. The van der Waals surface area contributed by atoms with Crippen molar-refractivity contribution in [3.63, 3.8) is 0 Å². The number of hydrogen-bond acceptors (Lipinski definition) is 9. The summed E-state index contributed by atoms with van der Waals surface area (Å²) in [5, 5.41) is 2.73. The Kier molecular flexibility index (Phi) is 7.06. The SMILES string of the molecule is Cc1c(C(=O)NC2(C)CS(=O)(=O)C2)nc2ccc(Oc3ncc(B4OC(C)(C)C(C)(C)O4)cc3OCC(F)(F)F)cn12. The Morgan fingerprint density at radius 2 is 1.79 bits per heavy atom. The highest BCUT2D eigenvalue weighted by Crippen LogP contribution is 2.37. The topological polar surface area (TPSA) is 130 Å². The number of aryl methyl sites for hydroxylation is 1. The third-order valence-corrected chi connectivity index (χ3v) is 9.66. The number of halogens is 3. The second-order valence-electron chi connectivity index (χ2n) is 11.9. The summed E-state index contributed by atoms with van der Waals surface area (Å²) in [7, 11) is -4.06. The quantitative estimate of drug-likeness (QED) is 0.402. The summed E-state index contributed by atoms with van der Waals surface area (Å²) < 4.78 is 86.8. The summed E-state index contributed by atoms with van der Waals surface area (Å²) >= 11 is 0. The molecular formula is C26H30BF3N4O7S. The average molecular weight is 610 g/mol. The molecule has 0 radical (unpaired) electrons. The van der Waals surface area contributed by atoms with Gasteiger partial charge in [-0.2, -0.15) is 13.2 Å². The minimum atomic E-state index is -4.61. The van der Waals surface area contributed by atoms with Crippen molar-refractivity contribution in [2.45, 2.75) is 64.5 Å². The highest BCUT2D eigenvalue weighted by molar-refractivity contribution is 7.93. The highest BCUT2D eigenvalue weighted by atomic mass is 32.2. The van der Waals surface area contributed by atoms with E-state index in [-0.39, 0.29) is 34.6 Å². The summed E-state index contributed by atoms with van der Waals surface area (Å²) in [6.45, 7) is 9.11. The maximum Gasteiger partial charge on any atom is 0.496 e. The van der Waals surface area contributed by atoms with Crippen LogP contribution < -0.4 is 20.3 Å². The van der Waals surface area contributed by atoms with Crippen molar-refractivity contribution in [3.05, 3.63) is 42.0 Å². The Morgan fingerprint density at radius 1 is 1.14 bits per heavy atom. The van der Waals surface area contributed by atoms with Crippen LogP contribution in [0.4, 0.5) is 13.2 Å². The summed E-state index contributed by atoms with van der Waals surface area (Å²) in [4.78, 5) is 21.4. The molecule has 0 saturated carbocycles. The maximum atomic E-state index is 13.1. The van der Waals surface area contributed by atoms with Gasteiger partial charge in [-0.25, -0.2) is 18.4 Å². The van der Waals surface area contributed by atoms with Gasteiger partial charge in [-0.15, -0.1) is 0 Å². The molecule has 42 heavy (non-hydrogen) atoms. The van der Waals surface area contributed by atoms with E-state index in [0.29, 0.717) is 16.8 Å². The van der Waals surface area contributed by atoms with Crippen molar-refractivity contribution in [2.75, 3.05) is 18.1 Å². The van der Waals surface area contributed by atoms with Gasteiger partial charge < -0.3 is 24.1 Å². The van der Waals surface area contributed by atoms with Crippen LogP contribution in [-0.4, -0.2) is 76.8 Å². The average Bonchev–Trinajstić information content (AvgIpc) is 3.27. The number of nitrogens with one attached hydrogen (secondary N) is 1. The molecule has 0 unspecified atom stereocenters. The van der Waals surface area contributed by atoms with Gasteiger partial charge in [0, 0.05) is 11.7 Å². The van der Waals surface area contributed by atoms with Crippen molar-refractivity contribution >= 4 is 34.0 Å². The van der Waals surface area contributed by atoms with Crippen LogP contribution in [0, 0.1) is 6.92 Å². The van der Waals surface area contributed by atoms with E-state index in [1.807, 2.05) is 27.7 Å². The first-order chi connectivity index (χ1) is 19.3. The smallest absolute Gasteiger partial charge is 0.478 e. The summed E-state index contributed by atoms with van der Waals surface area (Å²) in [6, 6.07) is 4.41. The van der Waals surface area contributed by atoms with Gasteiger partial charge in [-0.3, -0.25) is 9.20 Å². The number of amides is 1. The lowest BCUT2D eigenvalue weighted by Gasteiger charge is -2.38. The van der Waals surface area contributed by atoms with E-state index in [1.165, 1.54) is 24.5 Å². The fraction of sp³-hybridized carbons (Fsp3) is 0.500. The lowest BCUT2D eigenvalue weighted by molar-refractivity contribution is -0.153. The molecule has 5 heterocycles. The molecule has 2 saturated heterocycles. The molecule has 11 nitrogen and oxygen atoms in total. The fourth-order valence-electron chi connectivity index (χ4n) is 4.76. The zero-order valence-electron chi connectivity index (χ0n) is 23.8. The van der Waals surface area contributed by atoms with Gasteiger partial charge in [0.15, 0.2) is 22.2 Å². The first-order valence-corrected chi connectivity index (χ1v) is 14.8. The lowest BCUT2D eigenvalue weighted by Crippen LogP contribution is -2.63. The van der Waals surface area contributed by atoms with Crippen molar-refractivity contribution in [1.29, 1.82) is 0 Å². The third-order valence-electron chi connectivity index (χ3n) is 7.51. The van der Waals surface area contributed by atoms with Crippen LogP contribution in [0.5, 0.6) is 17.4 Å². The van der Waals surface area contributed by atoms with Crippen LogP contribution in [-0.2, 0) is 19.1 Å². The number of nitrogens with zero attached hydrogens (tertiary/aromatic N) is 3. The second kappa shape index (κ2) is 9.84. The minimum Gasteiger partial charge on any atom is -0.478 e. The number of carbonyl (C=O) groups is 1. The molecule has 0 spiro atoms. The molecule has 226 valence electrons. The van der Waals surface area contributed by atoms with Gasteiger partial charge in [-0.05, 0) is 59.7 Å². The lowest BCUT2D eigenvalue weighted by atomic mass is 9.80. The van der Waals surface area contributed by atoms with Gasteiger partial charge in [0.2, 0.25) is 0 Å². The van der Waals surface area contributed by atoms with Gasteiger partial charge in [0.25, 0.3) is 11.8 Å². The molecule has 3 aromatic rings. The van der Waals surface area contributed by atoms with Crippen LogP contribution >= 0.6 is 0 Å². The predicted molar refractivity (Wildman–Crippen MR) is 146 cm³/mol. The van der Waals surface area contributed by atoms with Crippen molar-refractivity contribution in [1.82, 2.24) is 19.7 Å². The second-order valence-corrected chi connectivity index (χ2v) is 13.9. The van der Waals surface area contributed by atoms with Crippen LogP contribution in [0.1, 0.15) is 50.8 Å². The Labute approximate surface area is 240 Å². The first kappa shape index (κ1) is 30.1.